The van der Waals surface area contributed by atoms with E-state index < -0.39 is 90.7 Å². The Morgan fingerprint density at radius 1 is 0.735 bits per heavy atom. The van der Waals surface area contributed by atoms with E-state index in [-0.39, 0.29) is 112 Å². The van der Waals surface area contributed by atoms with Crippen LogP contribution >= 0.6 is 0 Å². The van der Waals surface area contributed by atoms with Crippen LogP contribution in [0, 0.1) is 35.5 Å². The number of piperidine rings is 1. The molecule has 0 radical (unpaired) electrons. The van der Waals surface area contributed by atoms with Gasteiger partial charge in [-0.1, -0.05) is 94.4 Å². The molecule has 132 heavy (non-hydrogen) atoms. The smallest absolute Gasteiger partial charge is 0.329 e. The lowest BCUT2D eigenvalue weighted by Gasteiger charge is -2.43. The van der Waals surface area contributed by atoms with Crippen molar-refractivity contribution in [2.75, 3.05) is 115 Å². The van der Waals surface area contributed by atoms with Gasteiger partial charge >= 0.3 is 5.97 Å². The van der Waals surface area contributed by atoms with Crippen molar-refractivity contribution in [3.63, 3.8) is 0 Å². The molecular formula is C96H128N18O18. The molecule has 6 aliphatic heterocycles. The van der Waals surface area contributed by atoms with Gasteiger partial charge in [0.15, 0.2) is 17.8 Å². The quantitative estimate of drug-likeness (QED) is 0.0117. The van der Waals surface area contributed by atoms with Crippen LogP contribution in [-0.2, 0) is 89.7 Å². The summed E-state index contributed by atoms with van der Waals surface area (Å²) >= 11 is 0. The number of carbonyl (C=O) groups excluding carboxylic acids is 6. The van der Waals surface area contributed by atoms with Crippen LogP contribution in [0.2, 0.25) is 0 Å². The first kappa shape index (κ1) is 96.9. The molecule has 1 saturated carbocycles. The number of methoxy groups -OCH3 is 3. The normalized spacial score (nSPS) is 28.5. The zero-order valence-electron chi connectivity index (χ0n) is 77.3. The van der Waals surface area contributed by atoms with E-state index in [0.717, 1.165) is 39.1 Å². The van der Waals surface area contributed by atoms with Gasteiger partial charge < -0.3 is 99.4 Å². The zero-order chi connectivity index (χ0) is 93.6. The fourth-order valence-electron chi connectivity index (χ4n) is 19.3. The van der Waals surface area contributed by atoms with Gasteiger partial charge in [0, 0.05) is 154 Å². The average Bonchev–Trinajstić information content (AvgIpc) is 1.60. The van der Waals surface area contributed by atoms with Crippen molar-refractivity contribution in [2.45, 2.75) is 225 Å². The lowest BCUT2D eigenvalue weighted by Crippen LogP contribution is -2.61. The number of nitrogen functional groups attached to an aromatic ring is 2. The number of fused-ring (bicyclic) bond motifs is 7. The summed E-state index contributed by atoms with van der Waals surface area (Å²) in [5, 5.41) is 60.7. The summed E-state index contributed by atoms with van der Waals surface area (Å²) in [6.45, 7) is 17.7. The van der Waals surface area contributed by atoms with Crippen molar-refractivity contribution in [1.82, 2.24) is 64.7 Å². The fraction of sp³-hybridized carbons (Fsp3) is 0.573. The Bertz CT molecular complexity index is 5380. The number of cyclic esters (lactones) is 1. The Kier molecular flexibility index (Phi) is 32.4. The van der Waals surface area contributed by atoms with Gasteiger partial charge in [0.1, 0.15) is 47.7 Å². The van der Waals surface area contributed by atoms with Crippen molar-refractivity contribution in [3.05, 3.63) is 142 Å². The van der Waals surface area contributed by atoms with Crippen LogP contribution in [0.4, 0.5) is 23.7 Å². The number of oxime groups is 1. The number of rotatable bonds is 21. The Morgan fingerprint density at radius 2 is 1.49 bits per heavy atom. The number of aliphatic hydroxyl groups excluding tert-OH is 3. The van der Waals surface area contributed by atoms with E-state index in [1.807, 2.05) is 83.8 Å². The number of nitrogens with one attached hydrogen (secondary N) is 1. The molecule has 3 saturated heterocycles. The van der Waals surface area contributed by atoms with Gasteiger partial charge in [-0.25, -0.2) is 39.4 Å². The second kappa shape index (κ2) is 44.2. The maximum Gasteiger partial charge on any atom is 0.329 e. The third-order valence-electron chi connectivity index (χ3n) is 27.3. The van der Waals surface area contributed by atoms with Crippen molar-refractivity contribution in [3.8, 4) is 11.3 Å². The molecule has 0 spiro atoms. The molecule has 14 rings (SSSR count). The van der Waals surface area contributed by atoms with E-state index in [0.29, 0.717) is 185 Å². The molecule has 36 heteroatoms. The van der Waals surface area contributed by atoms with Crippen LogP contribution < -0.4 is 26.6 Å². The van der Waals surface area contributed by atoms with Crippen LogP contribution in [0.1, 0.15) is 170 Å². The number of hydrogen-bond acceptors (Lipinski definition) is 31. The van der Waals surface area contributed by atoms with Crippen LogP contribution in [0.3, 0.4) is 0 Å². The highest BCUT2D eigenvalue weighted by molar-refractivity contribution is 6.39. The maximum atomic E-state index is 14.8. The molecule has 16 atom stereocenters. The second-order valence-electron chi connectivity index (χ2n) is 36.6. The number of piperazine rings is 1. The fourth-order valence-corrected chi connectivity index (χ4v) is 19.3. The van der Waals surface area contributed by atoms with E-state index in [1.54, 1.807) is 58.2 Å². The first-order valence-electron chi connectivity index (χ1n) is 46.4. The van der Waals surface area contributed by atoms with Crippen molar-refractivity contribution >= 4 is 87.0 Å². The number of aromatic nitrogens is 9. The highest BCUT2D eigenvalue weighted by Gasteiger charge is 2.53. The monoisotopic (exact) mass is 1820 g/mol. The molecule has 2 bridgehead atoms. The standard InChI is InChI=1S/C96H128N18O18/c1-56-16-12-11-13-17-57(2)77(125-8)46-70-24-19-62(7)96(124,132-70)87(120)91(122)113-31-15-14-18-73(113)92(123)130-78(59(4)42-63-21-25-74(115)79(44-63)126-9)47-75(116)58(3)41-61(6)85(119)86(127-10)83(60(5)40-56)108-129-54-81(118)112-33-28-71-69(53-112)50-102-95(106-71)110-36-34-109(35-37-110)94-100-48-68(49-101-94)90(121)99-30-39-128-38-29-80(117)111-32-27-65-43-64(20-22-67(65)52-111)51-114-89-82(88(97)103-55-104-89)84(107-114)66-23-26-76-72(45-66)105-93(98)131-76/h11-13,16-17,20,22-23,26,41,43,45,48-50,55-56,58-60,62-63,70,73-75,77-79,85-86,115-116,119,124H,14-15,18-19,21,24-25,27-40,42,44,46-47,51-54H2,1-10H3,(H2,98,105)(H,99,121)(H2,97,103,104)/b13-11+,16-12+,57-17+,61-41+,108-83+/t56?,58-,59-,60-,62-,63+,70+,73+,74-,75-,77+,78+,79-,85-,86+,96-/m1/s1. The number of esters is 1. The average molecular weight is 1820 g/mol. The Hall–Kier alpha value is -11.1. The third-order valence-corrected chi connectivity index (χ3v) is 27.3. The van der Waals surface area contributed by atoms with Gasteiger partial charge in [-0.15, -0.1) is 0 Å². The number of amides is 4. The van der Waals surface area contributed by atoms with E-state index in [1.165, 1.54) is 30.7 Å². The molecule has 1 aliphatic carbocycles. The minimum atomic E-state index is -2.47. The Labute approximate surface area is 769 Å². The van der Waals surface area contributed by atoms with Crippen LogP contribution in [0.5, 0.6) is 0 Å². The molecule has 2 aromatic carbocycles. The Morgan fingerprint density at radius 3 is 2.27 bits per heavy atom. The van der Waals surface area contributed by atoms with Gasteiger partial charge in [0.2, 0.25) is 23.6 Å². The lowest BCUT2D eigenvalue weighted by atomic mass is 9.78. The first-order valence-corrected chi connectivity index (χ1v) is 46.4. The maximum absolute atomic E-state index is 14.8. The molecule has 9 N–H and O–H groups in total. The number of Topliss-reactive ketones (excluding diaryl/α,β-unsaturated/α-hetero) is 1. The van der Waals surface area contributed by atoms with Gasteiger partial charge in [0.25, 0.3) is 29.5 Å². The molecule has 710 valence electrons. The zero-order valence-corrected chi connectivity index (χ0v) is 77.3. The van der Waals surface area contributed by atoms with Crippen molar-refractivity contribution in [1.29, 1.82) is 0 Å². The first-order chi connectivity index (χ1) is 63.5. The molecule has 7 aliphatic rings. The lowest BCUT2D eigenvalue weighted by molar-refractivity contribution is -0.265. The number of ether oxygens (including phenoxy) is 6. The molecule has 1 unspecified atom stereocenters. The number of anilines is 4. The van der Waals surface area contributed by atoms with Crippen LogP contribution in [-0.4, -0.2) is 275 Å². The van der Waals surface area contributed by atoms with E-state index in [4.69, 9.17) is 64.2 Å². The summed E-state index contributed by atoms with van der Waals surface area (Å²) in [4.78, 5) is 132. The van der Waals surface area contributed by atoms with Crippen LogP contribution in [0.15, 0.2) is 118 Å². The summed E-state index contributed by atoms with van der Waals surface area (Å²) in [5.74, 6) is -6.79. The Balaban J connectivity index is 0.555. The number of benzene rings is 2. The molecular weight excluding hydrogens is 1690 g/mol. The van der Waals surface area contributed by atoms with Crippen LogP contribution in [0.25, 0.3) is 33.4 Å². The number of carbonyl (C=O) groups is 6. The molecule has 7 aromatic rings. The topological polar surface area (TPSA) is 462 Å². The summed E-state index contributed by atoms with van der Waals surface area (Å²) in [5.41, 5.74) is 22.2. The predicted octanol–water partition coefficient (Wildman–Crippen LogP) is 8.15. The van der Waals surface area contributed by atoms with Gasteiger partial charge in [0.05, 0.1) is 79.1 Å². The van der Waals surface area contributed by atoms with E-state index in [2.05, 4.69) is 59.3 Å². The number of oxazole rings is 1. The molecule has 11 heterocycles. The van der Waals surface area contributed by atoms with Crippen molar-refractivity contribution in [2.24, 2.45) is 40.7 Å². The molecule has 36 nitrogen and oxygen atoms in total. The second-order valence-corrected chi connectivity index (χ2v) is 36.6. The largest absolute Gasteiger partial charge is 0.460 e. The van der Waals surface area contributed by atoms with E-state index in [9.17, 15) is 49.2 Å². The van der Waals surface area contributed by atoms with Crippen molar-refractivity contribution < 1.29 is 86.9 Å². The number of hydrogen-bond donors (Lipinski definition) is 7. The summed E-state index contributed by atoms with van der Waals surface area (Å²) in [7, 11) is 4.62. The molecule has 4 fully saturated rings. The van der Waals surface area contributed by atoms with E-state index >= 15 is 0 Å². The SMILES string of the molecule is CO[C@H]1C[C@@H]2CC[C@@H](C)[C@@](O)(O2)C(=O)C(=O)N2CCCC[C@H]2C(=O)O[C@H]([C@H](C)C[C@@H]2CC[C@@H](O)[C@H](OC)C2)C[C@@H](O)[C@H](C)/C=C(\C)[C@@H](O)[C@@H](OC)/C(=N/OCC(=O)N2CCc3nc(N4CCN(c5ncc(C(=O)NCCOCCC(=O)N6CCc7cc(Cn8nc(-c9ccc%10oc(N)nc%10c9)c9c(N)ncnc98)ccc7C6)cn5)CC4)ncc3C2)[C@H](C)CC(C)/C=C/C=C/C=C/1C. The predicted molar refractivity (Wildman–Crippen MR) is 492 cm³/mol. The number of nitrogens with two attached hydrogens (primary N) is 2. The molecule has 4 amide bonds. The van der Waals surface area contributed by atoms with Gasteiger partial charge in [-0.3, -0.25) is 24.0 Å². The highest BCUT2D eigenvalue weighted by atomic mass is 16.6. The number of allylic oxidation sites excluding steroid dienone is 5. The van der Waals surface area contributed by atoms with Gasteiger partial charge in [-0.2, -0.15) is 10.1 Å². The minimum Gasteiger partial charge on any atom is -0.460 e. The molecule has 5 aromatic heterocycles. The number of aliphatic hydroxyl groups is 4. The summed E-state index contributed by atoms with van der Waals surface area (Å²) < 4.78 is 43.6. The minimum absolute atomic E-state index is 0.0177. The summed E-state index contributed by atoms with van der Waals surface area (Å²) in [6.07, 6.45) is 17.7. The van der Waals surface area contributed by atoms with Gasteiger partial charge in [-0.05, 0) is 148 Å². The number of ketones is 1. The summed E-state index contributed by atoms with van der Waals surface area (Å²) in [6, 6.07) is 10.7. The number of nitrogens with zero attached hydrogens (tertiary/aromatic N) is 15. The highest BCUT2D eigenvalue weighted by Crippen LogP contribution is 2.40. The third kappa shape index (κ3) is 23.2.